The summed E-state index contributed by atoms with van der Waals surface area (Å²) >= 11 is 0. The van der Waals surface area contributed by atoms with E-state index in [0.717, 1.165) is 49.3 Å². The highest BCUT2D eigenvalue weighted by atomic mass is 15.4. The second-order valence-corrected chi connectivity index (χ2v) is 5.01. The highest BCUT2D eigenvalue weighted by molar-refractivity contribution is 5.77. The molecule has 2 aromatic rings. The lowest BCUT2D eigenvalue weighted by Gasteiger charge is -2.15. The van der Waals surface area contributed by atoms with Crippen molar-refractivity contribution < 1.29 is 0 Å². The second kappa shape index (κ2) is 5.61. The van der Waals surface area contributed by atoms with E-state index in [1.807, 2.05) is 11.7 Å². The summed E-state index contributed by atoms with van der Waals surface area (Å²) in [5.74, 6) is 0.588. The van der Waals surface area contributed by atoms with Gasteiger partial charge >= 0.3 is 0 Å². The second-order valence-electron chi connectivity index (χ2n) is 5.01. The van der Waals surface area contributed by atoms with Crippen LogP contribution in [-0.2, 0) is 20.0 Å². The third-order valence-corrected chi connectivity index (χ3v) is 3.55. The highest BCUT2D eigenvalue weighted by Gasteiger charge is 2.17. The Balaban J connectivity index is 2.35. The molecule has 0 unspecified atom stereocenters. The lowest BCUT2D eigenvalue weighted by molar-refractivity contribution is 0.337. The quantitative estimate of drug-likeness (QED) is 0.853. The molecule has 0 atom stereocenters. The lowest BCUT2D eigenvalue weighted by atomic mass is 10.2. The van der Waals surface area contributed by atoms with Crippen LogP contribution < -0.4 is 5.73 Å². The summed E-state index contributed by atoms with van der Waals surface area (Å²) in [7, 11) is 4.07. The molecule has 0 saturated carbocycles. The SMILES string of the molecule is CCCc1nn(C)c2c1nc(N)n2CCN(C)CC. The van der Waals surface area contributed by atoms with Crippen LogP contribution in [0, 0.1) is 0 Å². The zero-order valence-corrected chi connectivity index (χ0v) is 12.3. The number of imidazole rings is 1. The molecule has 19 heavy (non-hydrogen) atoms. The Morgan fingerprint density at radius 1 is 1.32 bits per heavy atom. The van der Waals surface area contributed by atoms with Gasteiger partial charge in [0, 0.05) is 20.1 Å². The van der Waals surface area contributed by atoms with Gasteiger partial charge in [-0.3, -0.25) is 9.25 Å². The van der Waals surface area contributed by atoms with Crippen molar-refractivity contribution in [3.8, 4) is 0 Å². The zero-order chi connectivity index (χ0) is 14.0. The van der Waals surface area contributed by atoms with Crippen molar-refractivity contribution in [1.82, 2.24) is 24.2 Å². The fourth-order valence-corrected chi connectivity index (χ4v) is 2.31. The van der Waals surface area contributed by atoms with E-state index in [-0.39, 0.29) is 0 Å². The normalized spacial score (nSPS) is 11.8. The summed E-state index contributed by atoms with van der Waals surface area (Å²) in [4.78, 5) is 6.75. The molecule has 2 heterocycles. The number of rotatable bonds is 6. The van der Waals surface area contributed by atoms with E-state index in [9.17, 15) is 0 Å². The molecule has 2 aromatic heterocycles. The largest absolute Gasteiger partial charge is 0.369 e. The average Bonchev–Trinajstić information content (AvgIpc) is 2.86. The van der Waals surface area contributed by atoms with Crippen LogP contribution in [0.1, 0.15) is 26.0 Å². The summed E-state index contributed by atoms with van der Waals surface area (Å²) in [6, 6.07) is 0. The molecule has 6 heteroatoms. The smallest absolute Gasteiger partial charge is 0.202 e. The molecule has 2 rings (SSSR count). The molecule has 0 aliphatic carbocycles. The molecule has 0 radical (unpaired) electrons. The zero-order valence-electron chi connectivity index (χ0n) is 12.3. The fourth-order valence-electron chi connectivity index (χ4n) is 2.31. The molecular weight excluding hydrogens is 240 g/mol. The molecule has 0 saturated heterocycles. The van der Waals surface area contributed by atoms with Gasteiger partial charge in [0.15, 0.2) is 5.65 Å². The average molecular weight is 264 g/mol. The first-order chi connectivity index (χ1) is 9.08. The maximum atomic E-state index is 6.05. The van der Waals surface area contributed by atoms with Gasteiger partial charge in [-0.1, -0.05) is 20.3 Å². The molecule has 0 bridgehead atoms. The Labute approximate surface area is 114 Å². The Hall–Kier alpha value is -1.56. The molecule has 0 aliphatic heterocycles. The number of nitrogen functional groups attached to an aromatic ring is 1. The first kappa shape index (κ1) is 13.9. The third-order valence-electron chi connectivity index (χ3n) is 3.55. The van der Waals surface area contributed by atoms with Gasteiger partial charge in [-0.15, -0.1) is 0 Å². The van der Waals surface area contributed by atoms with Gasteiger partial charge in [0.05, 0.1) is 5.69 Å². The van der Waals surface area contributed by atoms with E-state index in [4.69, 9.17) is 5.73 Å². The Bertz CT molecular complexity index is 553. The van der Waals surface area contributed by atoms with Crippen molar-refractivity contribution >= 4 is 17.1 Å². The number of aryl methyl sites for hydroxylation is 2. The number of aromatic nitrogens is 4. The number of nitrogens with zero attached hydrogens (tertiary/aromatic N) is 5. The lowest BCUT2D eigenvalue weighted by Crippen LogP contribution is -2.23. The van der Waals surface area contributed by atoms with E-state index in [0.29, 0.717) is 5.95 Å². The van der Waals surface area contributed by atoms with Crippen LogP contribution in [0.2, 0.25) is 0 Å². The molecule has 106 valence electrons. The monoisotopic (exact) mass is 264 g/mol. The van der Waals surface area contributed by atoms with Crippen molar-refractivity contribution in [2.24, 2.45) is 7.05 Å². The third kappa shape index (κ3) is 2.58. The maximum absolute atomic E-state index is 6.05. The van der Waals surface area contributed by atoms with Crippen LogP contribution in [-0.4, -0.2) is 44.4 Å². The highest BCUT2D eigenvalue weighted by Crippen LogP contribution is 2.21. The Morgan fingerprint density at radius 3 is 2.68 bits per heavy atom. The molecule has 0 aliphatic rings. The Kier molecular flexibility index (Phi) is 4.09. The van der Waals surface area contributed by atoms with E-state index < -0.39 is 0 Å². The van der Waals surface area contributed by atoms with Crippen molar-refractivity contribution in [3.05, 3.63) is 5.69 Å². The molecule has 0 spiro atoms. The topological polar surface area (TPSA) is 64.9 Å². The molecule has 0 amide bonds. The van der Waals surface area contributed by atoms with Crippen molar-refractivity contribution in [2.75, 3.05) is 25.9 Å². The standard InChI is InChI=1S/C13H24N6/c1-5-7-10-11-12(18(4)16-10)19(13(14)15-11)9-8-17(3)6-2/h5-9H2,1-4H3,(H2,14,15). The number of likely N-dealkylation sites (N-methyl/N-ethyl adjacent to an activating group) is 1. The van der Waals surface area contributed by atoms with Crippen LogP contribution >= 0.6 is 0 Å². The van der Waals surface area contributed by atoms with Gasteiger partial charge in [0.2, 0.25) is 5.95 Å². The van der Waals surface area contributed by atoms with Crippen LogP contribution in [0.3, 0.4) is 0 Å². The van der Waals surface area contributed by atoms with Gasteiger partial charge < -0.3 is 10.6 Å². The number of hydrogen-bond donors (Lipinski definition) is 1. The van der Waals surface area contributed by atoms with Crippen LogP contribution in [0.15, 0.2) is 0 Å². The summed E-state index contributed by atoms with van der Waals surface area (Å²) in [6.45, 7) is 7.13. The first-order valence-electron chi connectivity index (χ1n) is 6.94. The molecule has 2 N–H and O–H groups in total. The number of fused-ring (bicyclic) bond motifs is 1. The van der Waals surface area contributed by atoms with Gasteiger partial charge in [-0.2, -0.15) is 5.10 Å². The van der Waals surface area contributed by atoms with Crippen molar-refractivity contribution in [2.45, 2.75) is 33.2 Å². The summed E-state index contributed by atoms with van der Waals surface area (Å²) in [6.07, 6.45) is 2.01. The van der Waals surface area contributed by atoms with Gasteiger partial charge in [-0.05, 0) is 20.0 Å². The van der Waals surface area contributed by atoms with Crippen molar-refractivity contribution in [3.63, 3.8) is 0 Å². The predicted molar refractivity (Wildman–Crippen MR) is 78.1 cm³/mol. The fraction of sp³-hybridized carbons (Fsp3) is 0.692. The van der Waals surface area contributed by atoms with Crippen molar-refractivity contribution in [1.29, 1.82) is 0 Å². The maximum Gasteiger partial charge on any atom is 0.202 e. The number of anilines is 1. The summed E-state index contributed by atoms with van der Waals surface area (Å²) < 4.78 is 3.96. The van der Waals surface area contributed by atoms with E-state index in [1.165, 1.54) is 0 Å². The van der Waals surface area contributed by atoms with Gasteiger partial charge in [0.1, 0.15) is 5.52 Å². The minimum absolute atomic E-state index is 0.588. The van der Waals surface area contributed by atoms with Crippen LogP contribution in [0.5, 0.6) is 0 Å². The van der Waals surface area contributed by atoms with Crippen LogP contribution in [0.4, 0.5) is 5.95 Å². The summed E-state index contributed by atoms with van der Waals surface area (Å²) in [5, 5.41) is 4.55. The molecular formula is C13H24N6. The molecule has 0 fully saturated rings. The predicted octanol–water partition coefficient (Wildman–Crippen LogP) is 1.26. The van der Waals surface area contributed by atoms with E-state index >= 15 is 0 Å². The van der Waals surface area contributed by atoms with Gasteiger partial charge in [0.25, 0.3) is 0 Å². The first-order valence-corrected chi connectivity index (χ1v) is 6.94. The minimum atomic E-state index is 0.588. The van der Waals surface area contributed by atoms with E-state index in [1.54, 1.807) is 0 Å². The summed E-state index contributed by atoms with van der Waals surface area (Å²) in [5.41, 5.74) is 9.09. The van der Waals surface area contributed by atoms with E-state index in [2.05, 4.69) is 40.4 Å². The number of hydrogen-bond acceptors (Lipinski definition) is 4. The molecule has 0 aromatic carbocycles. The Morgan fingerprint density at radius 2 is 2.05 bits per heavy atom. The van der Waals surface area contributed by atoms with Gasteiger partial charge in [-0.25, -0.2) is 4.98 Å². The minimum Gasteiger partial charge on any atom is -0.369 e. The molecule has 6 nitrogen and oxygen atoms in total. The number of nitrogens with two attached hydrogens (primary N) is 1. The van der Waals surface area contributed by atoms with Crippen LogP contribution in [0.25, 0.3) is 11.2 Å².